The first-order valence-electron chi connectivity index (χ1n) is 4.30. The molecule has 1 heteroatoms. The van der Waals surface area contributed by atoms with Crippen LogP contribution in [-0.2, 0) is 0 Å². The summed E-state index contributed by atoms with van der Waals surface area (Å²) in [4.78, 5) is 0. The Kier molecular flexibility index (Phi) is 12.3. The lowest BCUT2D eigenvalue weighted by molar-refractivity contribution is 1.09. The van der Waals surface area contributed by atoms with E-state index in [-0.39, 0.29) is 0 Å². The summed E-state index contributed by atoms with van der Waals surface area (Å²) in [6.07, 6.45) is 5.75. The van der Waals surface area contributed by atoms with Gasteiger partial charge in [0.05, 0.1) is 0 Å². The molecule has 0 aromatic rings. The van der Waals surface area contributed by atoms with Crippen LogP contribution in [0.3, 0.4) is 0 Å². The number of allylic oxidation sites excluding steroid dienone is 4. The van der Waals surface area contributed by atoms with E-state index >= 15 is 0 Å². The predicted molar refractivity (Wildman–Crippen MR) is 59.5 cm³/mol. The van der Waals surface area contributed by atoms with Gasteiger partial charge in [-0.05, 0) is 12.0 Å². The summed E-state index contributed by atoms with van der Waals surface area (Å²) in [6.45, 7) is 13.4. The van der Waals surface area contributed by atoms with Crippen LogP contribution in [0.15, 0.2) is 35.9 Å². The Balaban J connectivity index is 0. The van der Waals surface area contributed by atoms with Crippen molar-refractivity contribution in [3.63, 3.8) is 0 Å². The Morgan fingerprint density at radius 3 is 1.83 bits per heavy atom. The van der Waals surface area contributed by atoms with Gasteiger partial charge in [0, 0.05) is 5.03 Å². The Morgan fingerprint density at radius 2 is 1.75 bits per heavy atom. The van der Waals surface area contributed by atoms with Crippen molar-refractivity contribution in [3.8, 4) is 0 Å². The molecular formula is C11H19Cl. The molecule has 0 atom stereocenters. The lowest BCUT2D eigenvalue weighted by Crippen LogP contribution is -1.76. The highest BCUT2D eigenvalue weighted by Crippen LogP contribution is 2.14. The van der Waals surface area contributed by atoms with E-state index in [9.17, 15) is 0 Å². The van der Waals surface area contributed by atoms with E-state index in [1.807, 2.05) is 13.0 Å². The van der Waals surface area contributed by atoms with Gasteiger partial charge in [-0.2, -0.15) is 0 Å². The second kappa shape index (κ2) is 10.5. The van der Waals surface area contributed by atoms with Gasteiger partial charge in [-0.3, -0.25) is 0 Å². The van der Waals surface area contributed by atoms with E-state index in [1.165, 1.54) is 6.42 Å². The smallest absolute Gasteiger partial charge is 0.0366 e. The standard InChI is InChI=1S/C8H11Cl.C3H8/c1-4-6-8(5-2)7(3)9;1-3-2/h4,6H,1,3,5H2,2H3;3H2,1-2H3/b8-6-;. The fourth-order valence-electron chi connectivity index (χ4n) is 0.542. The molecule has 0 fully saturated rings. The molecule has 0 aromatic carbocycles. The average molecular weight is 187 g/mol. The molecule has 0 amide bonds. The molecule has 0 saturated carbocycles. The van der Waals surface area contributed by atoms with E-state index in [2.05, 4.69) is 27.0 Å². The summed E-state index contributed by atoms with van der Waals surface area (Å²) >= 11 is 5.61. The van der Waals surface area contributed by atoms with Gasteiger partial charge >= 0.3 is 0 Å². The molecule has 0 spiro atoms. The van der Waals surface area contributed by atoms with Crippen LogP contribution in [-0.4, -0.2) is 0 Å². The Bertz CT molecular complexity index is 154. The molecule has 0 aliphatic carbocycles. The minimum atomic E-state index is 0.609. The zero-order valence-corrected chi connectivity index (χ0v) is 9.12. The second-order valence-corrected chi connectivity index (χ2v) is 2.85. The normalized spacial score (nSPS) is 9.83. The maximum Gasteiger partial charge on any atom is 0.0366 e. The topological polar surface area (TPSA) is 0 Å². The fraction of sp³-hybridized carbons (Fsp3) is 0.455. The lowest BCUT2D eigenvalue weighted by Gasteiger charge is -1.96. The molecule has 0 heterocycles. The summed E-state index contributed by atoms with van der Waals surface area (Å²) in [5.41, 5.74) is 1.05. The monoisotopic (exact) mass is 186 g/mol. The maximum absolute atomic E-state index is 5.61. The van der Waals surface area contributed by atoms with Crippen LogP contribution >= 0.6 is 11.6 Å². The molecule has 0 nitrogen and oxygen atoms in total. The zero-order chi connectivity index (χ0) is 9.98. The van der Waals surface area contributed by atoms with E-state index < -0.39 is 0 Å². The van der Waals surface area contributed by atoms with Crippen molar-refractivity contribution in [1.82, 2.24) is 0 Å². The third-order valence-electron chi connectivity index (χ3n) is 1.05. The molecule has 70 valence electrons. The summed E-state index contributed by atoms with van der Waals surface area (Å²) < 4.78 is 0. The molecule has 0 rings (SSSR count). The van der Waals surface area contributed by atoms with Crippen molar-refractivity contribution < 1.29 is 0 Å². The van der Waals surface area contributed by atoms with Crippen LogP contribution in [0.5, 0.6) is 0 Å². The van der Waals surface area contributed by atoms with Crippen LogP contribution in [0.2, 0.25) is 0 Å². The first kappa shape index (κ1) is 14.1. The molecule has 0 aliphatic heterocycles. The fourth-order valence-corrected chi connectivity index (χ4v) is 0.739. The molecular weight excluding hydrogens is 168 g/mol. The van der Waals surface area contributed by atoms with Gasteiger partial charge in [-0.25, -0.2) is 0 Å². The van der Waals surface area contributed by atoms with Crippen LogP contribution in [0.25, 0.3) is 0 Å². The second-order valence-electron chi connectivity index (χ2n) is 2.39. The first-order chi connectivity index (χ1) is 5.63. The summed E-state index contributed by atoms with van der Waals surface area (Å²) in [7, 11) is 0. The number of hydrogen-bond donors (Lipinski definition) is 0. The largest absolute Gasteiger partial charge is 0.0991 e. The molecule has 0 saturated heterocycles. The Labute approximate surface area is 81.6 Å². The summed E-state index contributed by atoms with van der Waals surface area (Å²) in [6, 6.07) is 0. The third-order valence-corrected chi connectivity index (χ3v) is 1.29. The van der Waals surface area contributed by atoms with E-state index in [1.54, 1.807) is 6.08 Å². The number of hydrogen-bond acceptors (Lipinski definition) is 0. The van der Waals surface area contributed by atoms with Gasteiger partial charge in [0.1, 0.15) is 0 Å². The van der Waals surface area contributed by atoms with Crippen molar-refractivity contribution >= 4 is 11.6 Å². The molecule has 0 unspecified atom stereocenters. The third kappa shape index (κ3) is 9.51. The van der Waals surface area contributed by atoms with Gasteiger partial charge in [-0.1, -0.05) is 64.1 Å². The molecule has 0 aliphatic rings. The van der Waals surface area contributed by atoms with Gasteiger partial charge in [0.2, 0.25) is 0 Å². The average Bonchev–Trinajstić information content (AvgIpc) is 2.01. The van der Waals surface area contributed by atoms with Gasteiger partial charge < -0.3 is 0 Å². The van der Waals surface area contributed by atoms with Crippen LogP contribution in [0.1, 0.15) is 33.6 Å². The first-order valence-corrected chi connectivity index (χ1v) is 4.68. The molecule has 0 radical (unpaired) electrons. The van der Waals surface area contributed by atoms with E-state index in [0.717, 1.165) is 12.0 Å². The Hall–Kier alpha value is -0.490. The van der Waals surface area contributed by atoms with Gasteiger partial charge in [0.15, 0.2) is 0 Å². The quantitative estimate of drug-likeness (QED) is 0.562. The van der Waals surface area contributed by atoms with E-state index in [4.69, 9.17) is 11.6 Å². The minimum Gasteiger partial charge on any atom is -0.0991 e. The number of rotatable bonds is 3. The summed E-state index contributed by atoms with van der Waals surface area (Å²) in [5, 5.41) is 0.609. The molecule has 12 heavy (non-hydrogen) atoms. The summed E-state index contributed by atoms with van der Waals surface area (Å²) in [5.74, 6) is 0. The highest BCUT2D eigenvalue weighted by molar-refractivity contribution is 6.31. The SMILES string of the molecule is C=C/C=C(/CC)C(=C)Cl.CCC. The lowest BCUT2D eigenvalue weighted by atomic mass is 10.2. The highest BCUT2D eigenvalue weighted by Gasteiger charge is 1.92. The van der Waals surface area contributed by atoms with Crippen molar-refractivity contribution in [3.05, 3.63) is 35.9 Å². The number of halogens is 1. The van der Waals surface area contributed by atoms with Crippen molar-refractivity contribution in [2.75, 3.05) is 0 Å². The van der Waals surface area contributed by atoms with Crippen molar-refractivity contribution in [1.29, 1.82) is 0 Å². The molecule has 0 aromatic heterocycles. The predicted octanol–water partition coefficient (Wildman–Crippen LogP) is 4.68. The molecule has 0 bridgehead atoms. The van der Waals surface area contributed by atoms with Crippen molar-refractivity contribution in [2.24, 2.45) is 0 Å². The van der Waals surface area contributed by atoms with Crippen LogP contribution < -0.4 is 0 Å². The van der Waals surface area contributed by atoms with Crippen LogP contribution in [0.4, 0.5) is 0 Å². The van der Waals surface area contributed by atoms with E-state index in [0.29, 0.717) is 5.03 Å². The maximum atomic E-state index is 5.61. The molecule has 0 N–H and O–H groups in total. The van der Waals surface area contributed by atoms with Crippen LogP contribution in [0, 0.1) is 0 Å². The highest BCUT2D eigenvalue weighted by atomic mass is 35.5. The van der Waals surface area contributed by atoms with Gasteiger partial charge in [-0.15, -0.1) is 0 Å². The van der Waals surface area contributed by atoms with Crippen molar-refractivity contribution in [2.45, 2.75) is 33.6 Å². The van der Waals surface area contributed by atoms with Gasteiger partial charge in [0.25, 0.3) is 0 Å². The minimum absolute atomic E-state index is 0.609. The Morgan fingerprint density at radius 1 is 1.33 bits per heavy atom. The zero-order valence-electron chi connectivity index (χ0n) is 8.36.